The van der Waals surface area contributed by atoms with Crippen LogP contribution >= 0.6 is 11.5 Å². The summed E-state index contributed by atoms with van der Waals surface area (Å²) in [6, 6.07) is 0. The van der Waals surface area contributed by atoms with Gasteiger partial charge in [-0.05, 0) is 30.8 Å². The number of anilines is 1. The number of aryl methyl sites for hydroxylation is 1. The number of ether oxygens (including phenoxy) is 1. The molecule has 4 nitrogen and oxygen atoms in total. The molecule has 1 atom stereocenters. The van der Waals surface area contributed by atoms with Gasteiger partial charge < -0.3 is 10.1 Å². The van der Waals surface area contributed by atoms with Crippen LogP contribution in [0, 0.1) is 12.8 Å². The van der Waals surface area contributed by atoms with E-state index in [1.807, 2.05) is 6.92 Å². The molecule has 1 unspecified atom stereocenters. The van der Waals surface area contributed by atoms with Crippen LogP contribution in [0.1, 0.15) is 42.7 Å². The molecule has 0 amide bonds. The summed E-state index contributed by atoms with van der Waals surface area (Å²) in [5.74, 6) is 0.137. The van der Waals surface area contributed by atoms with Crippen LogP contribution in [0.25, 0.3) is 0 Å². The van der Waals surface area contributed by atoms with Crippen molar-refractivity contribution in [1.29, 1.82) is 0 Å². The van der Waals surface area contributed by atoms with E-state index in [2.05, 4.69) is 23.5 Å². The highest BCUT2D eigenvalue weighted by Gasteiger charge is 2.19. The molecule has 0 radical (unpaired) electrons. The van der Waals surface area contributed by atoms with Gasteiger partial charge in [-0.25, -0.2) is 4.79 Å². The minimum absolute atomic E-state index is 0.274. The number of hydrogen-bond donors (Lipinski definition) is 1. The quantitative estimate of drug-likeness (QED) is 0.795. The van der Waals surface area contributed by atoms with Gasteiger partial charge in [0.2, 0.25) is 0 Å². The second kappa shape index (κ2) is 6.59. The van der Waals surface area contributed by atoms with Crippen molar-refractivity contribution in [2.75, 3.05) is 19.0 Å². The molecule has 0 saturated carbocycles. The molecule has 1 rings (SSSR count). The Balaban J connectivity index is 2.60. The molecule has 5 heteroatoms. The van der Waals surface area contributed by atoms with Gasteiger partial charge in [0.05, 0.1) is 12.3 Å². The first-order valence-corrected chi connectivity index (χ1v) is 6.68. The second-order valence-corrected chi connectivity index (χ2v) is 4.99. The van der Waals surface area contributed by atoms with E-state index in [-0.39, 0.29) is 5.97 Å². The highest BCUT2D eigenvalue weighted by molar-refractivity contribution is 7.10. The molecule has 0 aliphatic heterocycles. The minimum atomic E-state index is -0.274. The lowest BCUT2D eigenvalue weighted by Crippen LogP contribution is -2.13. The summed E-state index contributed by atoms with van der Waals surface area (Å²) in [6.07, 6.45) is 2.19. The molecule has 0 saturated heterocycles. The predicted octanol–water partition coefficient (Wildman–Crippen LogP) is 3.09. The molecule has 0 spiro atoms. The molecule has 0 aliphatic carbocycles. The van der Waals surface area contributed by atoms with Crippen molar-refractivity contribution in [2.24, 2.45) is 5.92 Å². The summed E-state index contributed by atoms with van der Waals surface area (Å²) >= 11 is 1.29. The monoisotopic (exact) mass is 256 g/mol. The first-order valence-electron chi connectivity index (χ1n) is 5.91. The Morgan fingerprint density at radius 1 is 1.59 bits per heavy atom. The van der Waals surface area contributed by atoms with Crippen LogP contribution in [0.15, 0.2) is 0 Å². The Labute approximate surface area is 107 Å². The smallest absolute Gasteiger partial charge is 0.343 e. The van der Waals surface area contributed by atoms with Gasteiger partial charge in [-0.3, -0.25) is 0 Å². The SMILES string of the molecule is CCCC(C)COC(=O)c1c(C)nsc1NC. The number of nitrogens with one attached hydrogen (secondary N) is 1. The Morgan fingerprint density at radius 3 is 2.88 bits per heavy atom. The van der Waals surface area contributed by atoms with Crippen molar-refractivity contribution in [3.05, 3.63) is 11.3 Å². The number of carbonyl (C=O) groups is 1. The summed E-state index contributed by atoms with van der Waals surface area (Å²) in [5, 5.41) is 3.74. The molecule has 1 aromatic rings. The zero-order valence-corrected chi connectivity index (χ0v) is 11.7. The van der Waals surface area contributed by atoms with Crippen LogP contribution in [0.4, 0.5) is 5.00 Å². The van der Waals surface area contributed by atoms with E-state index in [0.29, 0.717) is 18.1 Å². The number of carbonyl (C=O) groups excluding carboxylic acids is 1. The normalized spacial score (nSPS) is 12.2. The molecule has 1 heterocycles. The zero-order chi connectivity index (χ0) is 12.8. The molecule has 1 aromatic heterocycles. The lowest BCUT2D eigenvalue weighted by Gasteiger charge is -2.11. The van der Waals surface area contributed by atoms with Crippen LogP contribution in [-0.2, 0) is 4.74 Å². The van der Waals surface area contributed by atoms with Crippen LogP contribution < -0.4 is 5.32 Å². The maximum Gasteiger partial charge on any atom is 0.343 e. The zero-order valence-electron chi connectivity index (χ0n) is 10.9. The molecule has 17 heavy (non-hydrogen) atoms. The Bertz CT molecular complexity index is 377. The maximum atomic E-state index is 11.9. The fourth-order valence-electron chi connectivity index (χ4n) is 1.65. The van der Waals surface area contributed by atoms with E-state index in [0.717, 1.165) is 23.5 Å². The van der Waals surface area contributed by atoms with Crippen LogP contribution in [-0.4, -0.2) is 24.0 Å². The van der Waals surface area contributed by atoms with E-state index in [4.69, 9.17) is 4.74 Å². The van der Waals surface area contributed by atoms with Crippen molar-refractivity contribution in [1.82, 2.24) is 4.37 Å². The Morgan fingerprint density at radius 2 is 2.29 bits per heavy atom. The molecule has 1 N–H and O–H groups in total. The maximum absolute atomic E-state index is 11.9. The number of nitrogens with zero attached hydrogens (tertiary/aromatic N) is 1. The van der Waals surface area contributed by atoms with Crippen LogP contribution in [0.5, 0.6) is 0 Å². The standard InChI is InChI=1S/C12H20N2O2S/c1-5-6-8(2)7-16-12(15)10-9(3)14-17-11(10)13-4/h8,13H,5-7H2,1-4H3. The molecule has 96 valence electrons. The lowest BCUT2D eigenvalue weighted by atomic mass is 10.1. The van der Waals surface area contributed by atoms with Crippen molar-refractivity contribution >= 4 is 22.5 Å². The van der Waals surface area contributed by atoms with Crippen molar-refractivity contribution in [3.8, 4) is 0 Å². The summed E-state index contributed by atoms with van der Waals surface area (Å²) < 4.78 is 9.46. The molecule has 0 aliphatic rings. The third kappa shape index (κ3) is 3.70. The Kier molecular flexibility index (Phi) is 5.41. The first-order chi connectivity index (χ1) is 8.10. The van der Waals surface area contributed by atoms with E-state index in [1.54, 1.807) is 7.05 Å². The molecule has 0 aromatic carbocycles. The van der Waals surface area contributed by atoms with Crippen LogP contribution in [0.2, 0.25) is 0 Å². The number of rotatable bonds is 6. The van der Waals surface area contributed by atoms with E-state index >= 15 is 0 Å². The fourth-order valence-corrected chi connectivity index (χ4v) is 2.38. The summed E-state index contributed by atoms with van der Waals surface area (Å²) in [4.78, 5) is 11.9. The third-order valence-corrected chi connectivity index (χ3v) is 3.53. The predicted molar refractivity (Wildman–Crippen MR) is 70.8 cm³/mol. The van der Waals surface area contributed by atoms with Gasteiger partial charge in [-0.1, -0.05) is 20.3 Å². The van der Waals surface area contributed by atoms with Crippen molar-refractivity contribution in [3.63, 3.8) is 0 Å². The summed E-state index contributed by atoms with van der Waals surface area (Å²) in [5.41, 5.74) is 1.30. The summed E-state index contributed by atoms with van der Waals surface area (Å²) in [7, 11) is 1.78. The molecule has 0 fully saturated rings. The van der Waals surface area contributed by atoms with E-state index in [9.17, 15) is 4.79 Å². The number of hydrogen-bond acceptors (Lipinski definition) is 5. The largest absolute Gasteiger partial charge is 0.462 e. The molecule has 0 bridgehead atoms. The average molecular weight is 256 g/mol. The van der Waals surface area contributed by atoms with E-state index < -0.39 is 0 Å². The van der Waals surface area contributed by atoms with Gasteiger partial charge in [0, 0.05) is 7.05 Å². The Hall–Kier alpha value is -1.10. The number of esters is 1. The number of aromatic nitrogens is 1. The molecular weight excluding hydrogens is 236 g/mol. The second-order valence-electron chi connectivity index (χ2n) is 4.21. The molecular formula is C12H20N2O2S. The topological polar surface area (TPSA) is 51.2 Å². The average Bonchev–Trinajstić information content (AvgIpc) is 2.68. The van der Waals surface area contributed by atoms with Gasteiger partial charge in [-0.15, -0.1) is 0 Å². The highest BCUT2D eigenvalue weighted by atomic mass is 32.1. The first kappa shape index (κ1) is 14.0. The summed E-state index contributed by atoms with van der Waals surface area (Å²) in [6.45, 7) is 6.52. The van der Waals surface area contributed by atoms with Gasteiger partial charge >= 0.3 is 5.97 Å². The third-order valence-electron chi connectivity index (χ3n) is 2.57. The van der Waals surface area contributed by atoms with Gasteiger partial charge in [0.15, 0.2) is 0 Å². The minimum Gasteiger partial charge on any atom is -0.462 e. The van der Waals surface area contributed by atoms with Gasteiger partial charge in [0.25, 0.3) is 0 Å². The van der Waals surface area contributed by atoms with E-state index in [1.165, 1.54) is 11.5 Å². The van der Waals surface area contributed by atoms with Gasteiger partial charge in [0.1, 0.15) is 10.6 Å². The van der Waals surface area contributed by atoms with Crippen molar-refractivity contribution < 1.29 is 9.53 Å². The highest BCUT2D eigenvalue weighted by Crippen LogP contribution is 2.24. The van der Waals surface area contributed by atoms with Crippen LogP contribution in [0.3, 0.4) is 0 Å². The van der Waals surface area contributed by atoms with Crippen molar-refractivity contribution in [2.45, 2.75) is 33.6 Å². The van der Waals surface area contributed by atoms with Gasteiger partial charge in [-0.2, -0.15) is 4.37 Å². The lowest BCUT2D eigenvalue weighted by molar-refractivity contribution is 0.0444. The fraction of sp³-hybridized carbons (Fsp3) is 0.667.